The van der Waals surface area contributed by atoms with Gasteiger partial charge in [-0.25, -0.2) is 4.39 Å². The minimum Gasteiger partial charge on any atom is -0.244 e. The van der Waals surface area contributed by atoms with Crippen molar-refractivity contribution in [1.29, 1.82) is 0 Å². The van der Waals surface area contributed by atoms with Gasteiger partial charge in [-0.15, -0.1) is 0 Å². The Morgan fingerprint density at radius 2 is 0.762 bits per heavy atom. The molecule has 1 radical (unpaired) electrons. The van der Waals surface area contributed by atoms with Gasteiger partial charge in [-0.05, 0) is 6.42 Å². The Kier molecular flexibility index (Phi) is 19.9. The molecule has 127 valence electrons. The van der Waals surface area contributed by atoms with Crippen molar-refractivity contribution >= 4 is 0 Å². The summed E-state index contributed by atoms with van der Waals surface area (Å²) in [7, 11) is 0. The summed E-state index contributed by atoms with van der Waals surface area (Å²) in [6.07, 6.45) is 24.2. The van der Waals surface area contributed by atoms with Gasteiger partial charge in [-0.1, -0.05) is 116 Å². The fraction of sp³-hybridized carbons (Fsp3) is 0.950. The molecule has 0 aromatic rings. The molecule has 0 aliphatic heterocycles. The lowest BCUT2D eigenvalue weighted by Crippen LogP contribution is -1.83. The Morgan fingerprint density at radius 1 is 0.476 bits per heavy atom. The van der Waals surface area contributed by atoms with Crippen LogP contribution in [0.1, 0.15) is 122 Å². The number of halogens is 1. The van der Waals surface area contributed by atoms with Crippen LogP contribution in [0.4, 0.5) is 4.39 Å². The van der Waals surface area contributed by atoms with Gasteiger partial charge < -0.3 is 0 Å². The molecule has 1 heteroatoms. The fourth-order valence-corrected chi connectivity index (χ4v) is 2.95. The highest BCUT2D eigenvalue weighted by molar-refractivity contribution is 4.52. The van der Waals surface area contributed by atoms with Gasteiger partial charge in [-0.2, -0.15) is 0 Å². The summed E-state index contributed by atoms with van der Waals surface area (Å²) in [6, 6.07) is 0. The molecule has 0 atom stereocenters. The van der Waals surface area contributed by atoms with Gasteiger partial charge in [0.25, 0.3) is 0 Å². The number of unbranched alkanes of at least 4 members (excludes halogenated alkanes) is 17. The summed E-state index contributed by atoms with van der Waals surface area (Å²) in [5, 5.41) is 0. The minimum absolute atomic E-state index is 0.651. The van der Waals surface area contributed by atoms with Crippen LogP contribution in [0.3, 0.4) is 0 Å². The summed E-state index contributed by atoms with van der Waals surface area (Å²) in [6.45, 7) is 3.08. The lowest BCUT2D eigenvalue weighted by atomic mass is 10.0. The van der Waals surface area contributed by atoms with Crippen LogP contribution in [-0.4, -0.2) is 0 Å². The van der Waals surface area contributed by atoms with Crippen LogP contribution in [-0.2, 0) is 0 Å². The molecule has 0 N–H and O–H groups in total. The molecular formula is C20H40F. The van der Waals surface area contributed by atoms with Crippen LogP contribution >= 0.6 is 0 Å². The molecule has 0 amide bonds. The first-order valence-electron chi connectivity index (χ1n) is 9.83. The predicted molar refractivity (Wildman–Crippen MR) is 94.2 cm³/mol. The van der Waals surface area contributed by atoms with Crippen molar-refractivity contribution in [2.75, 3.05) is 0 Å². The van der Waals surface area contributed by atoms with Gasteiger partial charge in [0.1, 0.15) is 6.67 Å². The normalized spacial score (nSPS) is 11.1. The quantitative estimate of drug-likeness (QED) is 0.224. The second kappa shape index (κ2) is 19.9. The van der Waals surface area contributed by atoms with Crippen molar-refractivity contribution in [3.8, 4) is 0 Å². The average molecular weight is 300 g/mol. The Hall–Kier alpha value is -0.0700. The molecular weight excluding hydrogens is 259 g/mol. The first kappa shape index (κ1) is 20.9. The zero-order chi connectivity index (χ0) is 15.4. The van der Waals surface area contributed by atoms with E-state index < -0.39 is 0 Å². The summed E-state index contributed by atoms with van der Waals surface area (Å²) in [5.41, 5.74) is 0. The highest BCUT2D eigenvalue weighted by Crippen LogP contribution is 2.14. The molecule has 0 unspecified atom stereocenters. The highest BCUT2D eigenvalue weighted by atomic mass is 19.1. The molecule has 0 rings (SSSR count). The Labute approximate surface area is 134 Å². The lowest BCUT2D eigenvalue weighted by Gasteiger charge is -2.03. The van der Waals surface area contributed by atoms with Gasteiger partial charge in [0.15, 0.2) is 0 Å². The predicted octanol–water partition coefficient (Wildman–Crippen LogP) is 8.16. The number of hydrogen-bond acceptors (Lipinski definition) is 0. The molecule has 0 heterocycles. The third-order valence-electron chi connectivity index (χ3n) is 4.42. The van der Waals surface area contributed by atoms with E-state index in [1.807, 2.05) is 0 Å². The topological polar surface area (TPSA) is 0 Å². The fourth-order valence-electron chi connectivity index (χ4n) is 2.95. The lowest BCUT2D eigenvalue weighted by molar-refractivity contribution is 0.514. The summed E-state index contributed by atoms with van der Waals surface area (Å²) < 4.78 is 11.8. The van der Waals surface area contributed by atoms with Crippen LogP contribution in [0.25, 0.3) is 0 Å². The molecule has 0 nitrogen and oxygen atoms in total. The Bertz CT molecular complexity index is 149. The highest BCUT2D eigenvalue weighted by Gasteiger charge is 1.94. The number of hydrogen-bond donors (Lipinski definition) is 0. The second-order valence-electron chi connectivity index (χ2n) is 6.60. The third-order valence-corrected chi connectivity index (χ3v) is 4.42. The maximum atomic E-state index is 11.8. The monoisotopic (exact) mass is 299 g/mol. The van der Waals surface area contributed by atoms with E-state index >= 15 is 0 Å². The van der Waals surface area contributed by atoms with Crippen molar-refractivity contribution in [2.24, 2.45) is 0 Å². The van der Waals surface area contributed by atoms with Crippen molar-refractivity contribution in [2.45, 2.75) is 122 Å². The molecule has 0 bridgehead atoms. The molecule has 0 aliphatic rings. The molecule has 0 saturated heterocycles. The van der Waals surface area contributed by atoms with E-state index in [1.54, 1.807) is 0 Å². The number of rotatable bonds is 18. The first-order valence-corrected chi connectivity index (χ1v) is 9.83. The van der Waals surface area contributed by atoms with E-state index in [-0.39, 0.29) is 0 Å². The molecule has 0 fully saturated rings. The summed E-state index contributed by atoms with van der Waals surface area (Å²) >= 11 is 0. The minimum atomic E-state index is 0.651. The van der Waals surface area contributed by atoms with Crippen LogP contribution in [0, 0.1) is 6.67 Å². The average Bonchev–Trinajstić information content (AvgIpc) is 2.50. The van der Waals surface area contributed by atoms with E-state index in [2.05, 4.69) is 6.92 Å². The standard InChI is InChI=1S/C20H40F/c1-2-3-4-5-6-7-8-9-10-11-12-13-14-15-16-17-18-19-20-21/h20H,2-19H2,1H3. The van der Waals surface area contributed by atoms with E-state index in [0.717, 1.165) is 13.1 Å². The van der Waals surface area contributed by atoms with Gasteiger partial charge in [0, 0.05) is 0 Å². The zero-order valence-corrected chi connectivity index (χ0v) is 14.7. The van der Waals surface area contributed by atoms with Gasteiger partial charge in [0.2, 0.25) is 0 Å². The largest absolute Gasteiger partial charge is 0.244 e. The molecule has 21 heavy (non-hydrogen) atoms. The Morgan fingerprint density at radius 3 is 1.05 bits per heavy atom. The van der Waals surface area contributed by atoms with Crippen LogP contribution < -0.4 is 0 Å². The molecule has 0 spiro atoms. The molecule has 0 aliphatic carbocycles. The smallest absolute Gasteiger partial charge is 0.131 e. The SMILES string of the molecule is CCCCCCCCCCCCCCCCCCC[CH]F. The van der Waals surface area contributed by atoms with Crippen molar-refractivity contribution in [1.82, 2.24) is 0 Å². The van der Waals surface area contributed by atoms with Crippen molar-refractivity contribution in [3.05, 3.63) is 6.67 Å². The molecule has 0 aromatic heterocycles. The zero-order valence-electron chi connectivity index (χ0n) is 14.7. The van der Waals surface area contributed by atoms with E-state index in [0.29, 0.717) is 6.42 Å². The molecule has 0 aromatic carbocycles. The van der Waals surface area contributed by atoms with E-state index in [4.69, 9.17) is 0 Å². The van der Waals surface area contributed by atoms with Crippen molar-refractivity contribution < 1.29 is 4.39 Å². The van der Waals surface area contributed by atoms with Gasteiger partial charge in [-0.3, -0.25) is 0 Å². The van der Waals surface area contributed by atoms with Gasteiger partial charge in [0.05, 0.1) is 0 Å². The van der Waals surface area contributed by atoms with E-state index in [9.17, 15) is 4.39 Å². The van der Waals surface area contributed by atoms with Crippen molar-refractivity contribution in [3.63, 3.8) is 0 Å². The van der Waals surface area contributed by atoms with Crippen LogP contribution in [0.2, 0.25) is 0 Å². The summed E-state index contributed by atoms with van der Waals surface area (Å²) in [4.78, 5) is 0. The maximum Gasteiger partial charge on any atom is 0.131 e. The van der Waals surface area contributed by atoms with E-state index in [1.165, 1.54) is 103 Å². The van der Waals surface area contributed by atoms with Gasteiger partial charge >= 0.3 is 0 Å². The first-order chi connectivity index (χ1) is 10.4. The second-order valence-corrected chi connectivity index (χ2v) is 6.60. The third kappa shape index (κ3) is 19.9. The van der Waals surface area contributed by atoms with Crippen LogP contribution in [0.5, 0.6) is 0 Å². The Balaban J connectivity index is 2.90. The molecule has 0 saturated carbocycles. The maximum absolute atomic E-state index is 11.8. The van der Waals surface area contributed by atoms with Crippen LogP contribution in [0.15, 0.2) is 0 Å². The summed E-state index contributed by atoms with van der Waals surface area (Å²) in [5.74, 6) is 0.